The molecular weight excluding hydrogens is 230 g/mol. The Kier molecular flexibility index (Phi) is 4.67. The SMILES string of the molecule is CC(NC1CCCCC1C(C)(C)C)c1ccccc1. The van der Waals surface area contributed by atoms with Gasteiger partial charge in [0, 0.05) is 12.1 Å². The molecule has 0 saturated heterocycles. The van der Waals surface area contributed by atoms with Crippen LogP contribution in [0, 0.1) is 11.3 Å². The highest BCUT2D eigenvalue weighted by Gasteiger charge is 2.34. The van der Waals surface area contributed by atoms with E-state index in [2.05, 4.69) is 63.3 Å². The van der Waals surface area contributed by atoms with Crippen molar-refractivity contribution >= 4 is 0 Å². The molecule has 1 aliphatic rings. The maximum absolute atomic E-state index is 3.89. The van der Waals surface area contributed by atoms with Gasteiger partial charge in [-0.25, -0.2) is 0 Å². The predicted molar refractivity (Wildman–Crippen MR) is 83.2 cm³/mol. The van der Waals surface area contributed by atoms with Gasteiger partial charge in [0.2, 0.25) is 0 Å². The minimum absolute atomic E-state index is 0.411. The van der Waals surface area contributed by atoms with Crippen molar-refractivity contribution in [1.82, 2.24) is 5.32 Å². The lowest BCUT2D eigenvalue weighted by Crippen LogP contribution is -2.45. The Morgan fingerprint density at radius 3 is 2.32 bits per heavy atom. The van der Waals surface area contributed by atoms with Gasteiger partial charge in [-0.05, 0) is 36.7 Å². The van der Waals surface area contributed by atoms with E-state index in [0.29, 0.717) is 17.5 Å². The first-order valence-electron chi connectivity index (χ1n) is 7.79. The van der Waals surface area contributed by atoms with E-state index in [0.717, 1.165) is 5.92 Å². The third-order valence-electron chi connectivity index (χ3n) is 4.64. The molecule has 1 aromatic carbocycles. The van der Waals surface area contributed by atoms with Gasteiger partial charge in [0.25, 0.3) is 0 Å². The van der Waals surface area contributed by atoms with Crippen LogP contribution in [-0.2, 0) is 0 Å². The van der Waals surface area contributed by atoms with Gasteiger partial charge in [0.15, 0.2) is 0 Å². The normalized spacial score (nSPS) is 26.1. The standard InChI is InChI=1S/C18H29N/c1-14(15-10-6-5-7-11-15)19-17-13-9-8-12-16(17)18(2,3)4/h5-7,10-11,14,16-17,19H,8-9,12-13H2,1-4H3. The van der Waals surface area contributed by atoms with Gasteiger partial charge in [0.05, 0.1) is 0 Å². The van der Waals surface area contributed by atoms with Gasteiger partial charge >= 0.3 is 0 Å². The Balaban J connectivity index is 2.04. The predicted octanol–water partition coefficient (Wildman–Crippen LogP) is 4.94. The summed E-state index contributed by atoms with van der Waals surface area (Å²) in [5.41, 5.74) is 1.81. The van der Waals surface area contributed by atoms with Crippen LogP contribution in [0.2, 0.25) is 0 Å². The first-order chi connectivity index (χ1) is 8.98. The number of benzene rings is 1. The third kappa shape index (κ3) is 3.82. The minimum Gasteiger partial charge on any atom is -0.307 e. The van der Waals surface area contributed by atoms with Crippen LogP contribution in [0.3, 0.4) is 0 Å². The molecule has 0 heterocycles. The Morgan fingerprint density at radius 1 is 1.05 bits per heavy atom. The second-order valence-electron chi connectivity index (χ2n) is 7.16. The second kappa shape index (κ2) is 6.09. The second-order valence-corrected chi connectivity index (χ2v) is 7.16. The Bertz CT molecular complexity index is 376. The van der Waals surface area contributed by atoms with Gasteiger partial charge in [-0.3, -0.25) is 0 Å². The van der Waals surface area contributed by atoms with Crippen molar-refractivity contribution in [2.45, 2.75) is 65.5 Å². The fraction of sp³-hybridized carbons (Fsp3) is 0.667. The van der Waals surface area contributed by atoms with Crippen LogP contribution in [0.15, 0.2) is 30.3 Å². The lowest BCUT2D eigenvalue weighted by Gasteiger charge is -2.42. The van der Waals surface area contributed by atoms with E-state index in [4.69, 9.17) is 0 Å². The summed E-state index contributed by atoms with van der Waals surface area (Å²) in [6.07, 6.45) is 5.49. The average Bonchev–Trinajstić information content (AvgIpc) is 2.39. The molecule has 106 valence electrons. The van der Waals surface area contributed by atoms with Gasteiger partial charge in [0.1, 0.15) is 0 Å². The number of nitrogens with one attached hydrogen (secondary N) is 1. The van der Waals surface area contributed by atoms with E-state index < -0.39 is 0 Å². The number of hydrogen-bond acceptors (Lipinski definition) is 1. The molecule has 0 aromatic heterocycles. The highest BCUT2D eigenvalue weighted by Crippen LogP contribution is 2.38. The summed E-state index contributed by atoms with van der Waals surface area (Å²) < 4.78 is 0. The quantitative estimate of drug-likeness (QED) is 0.810. The van der Waals surface area contributed by atoms with Crippen LogP contribution in [0.1, 0.15) is 65.0 Å². The van der Waals surface area contributed by atoms with Crippen LogP contribution in [-0.4, -0.2) is 6.04 Å². The summed E-state index contributed by atoms with van der Waals surface area (Å²) in [4.78, 5) is 0. The molecule has 1 fully saturated rings. The highest BCUT2D eigenvalue weighted by molar-refractivity contribution is 5.18. The van der Waals surface area contributed by atoms with Crippen LogP contribution in [0.25, 0.3) is 0 Å². The summed E-state index contributed by atoms with van der Waals surface area (Å²) in [7, 11) is 0. The van der Waals surface area contributed by atoms with Crippen LogP contribution in [0.4, 0.5) is 0 Å². The summed E-state index contributed by atoms with van der Waals surface area (Å²) >= 11 is 0. The Morgan fingerprint density at radius 2 is 1.68 bits per heavy atom. The summed E-state index contributed by atoms with van der Waals surface area (Å²) in [6, 6.07) is 11.9. The van der Waals surface area contributed by atoms with Crippen LogP contribution >= 0.6 is 0 Å². The lowest BCUT2D eigenvalue weighted by atomic mass is 9.69. The average molecular weight is 259 g/mol. The van der Waals surface area contributed by atoms with Gasteiger partial charge < -0.3 is 5.32 Å². The summed E-state index contributed by atoms with van der Waals surface area (Å²) in [6.45, 7) is 9.48. The molecule has 2 rings (SSSR count). The monoisotopic (exact) mass is 259 g/mol. The zero-order valence-corrected chi connectivity index (χ0v) is 12.9. The van der Waals surface area contributed by atoms with Crippen molar-refractivity contribution in [3.05, 3.63) is 35.9 Å². The van der Waals surface area contributed by atoms with Crippen molar-refractivity contribution in [2.24, 2.45) is 11.3 Å². The van der Waals surface area contributed by atoms with E-state index in [1.165, 1.54) is 31.2 Å². The van der Waals surface area contributed by atoms with E-state index in [1.54, 1.807) is 0 Å². The third-order valence-corrected chi connectivity index (χ3v) is 4.64. The van der Waals surface area contributed by atoms with Crippen molar-refractivity contribution < 1.29 is 0 Å². The molecule has 19 heavy (non-hydrogen) atoms. The maximum atomic E-state index is 3.89. The van der Waals surface area contributed by atoms with E-state index in [-0.39, 0.29) is 0 Å². The van der Waals surface area contributed by atoms with E-state index in [9.17, 15) is 0 Å². The maximum Gasteiger partial charge on any atom is 0.0294 e. The molecule has 0 aliphatic heterocycles. The molecular formula is C18H29N. The van der Waals surface area contributed by atoms with Crippen LogP contribution < -0.4 is 5.32 Å². The Hall–Kier alpha value is -0.820. The smallest absolute Gasteiger partial charge is 0.0294 e. The lowest BCUT2D eigenvalue weighted by molar-refractivity contribution is 0.124. The van der Waals surface area contributed by atoms with E-state index in [1.807, 2.05) is 0 Å². The van der Waals surface area contributed by atoms with Gasteiger partial charge in [-0.2, -0.15) is 0 Å². The first kappa shape index (κ1) is 14.6. The zero-order valence-electron chi connectivity index (χ0n) is 12.9. The molecule has 0 bridgehead atoms. The number of hydrogen-bond donors (Lipinski definition) is 1. The van der Waals surface area contributed by atoms with Crippen molar-refractivity contribution in [1.29, 1.82) is 0 Å². The number of rotatable bonds is 3. The van der Waals surface area contributed by atoms with Gasteiger partial charge in [-0.1, -0.05) is 63.9 Å². The summed E-state index contributed by atoms with van der Waals surface area (Å²) in [5, 5.41) is 3.89. The Labute approximate surface area is 118 Å². The van der Waals surface area contributed by atoms with Gasteiger partial charge in [-0.15, -0.1) is 0 Å². The first-order valence-corrected chi connectivity index (χ1v) is 7.79. The molecule has 3 atom stereocenters. The molecule has 0 spiro atoms. The van der Waals surface area contributed by atoms with E-state index >= 15 is 0 Å². The fourth-order valence-corrected chi connectivity index (χ4v) is 3.53. The molecule has 0 radical (unpaired) electrons. The zero-order chi connectivity index (χ0) is 13.9. The fourth-order valence-electron chi connectivity index (χ4n) is 3.53. The van der Waals surface area contributed by atoms with Crippen molar-refractivity contribution in [3.63, 3.8) is 0 Å². The molecule has 1 aromatic rings. The van der Waals surface area contributed by atoms with Crippen LogP contribution in [0.5, 0.6) is 0 Å². The molecule has 1 N–H and O–H groups in total. The van der Waals surface area contributed by atoms with Crippen molar-refractivity contribution in [3.8, 4) is 0 Å². The molecule has 0 amide bonds. The highest BCUT2D eigenvalue weighted by atomic mass is 15.0. The molecule has 3 unspecified atom stereocenters. The van der Waals surface area contributed by atoms with Crippen molar-refractivity contribution in [2.75, 3.05) is 0 Å². The topological polar surface area (TPSA) is 12.0 Å². The molecule has 1 nitrogen and oxygen atoms in total. The largest absolute Gasteiger partial charge is 0.307 e. The molecule has 1 aliphatic carbocycles. The minimum atomic E-state index is 0.411. The molecule has 1 saturated carbocycles. The summed E-state index contributed by atoms with van der Waals surface area (Å²) in [5.74, 6) is 0.799. The molecule has 1 heteroatoms.